The van der Waals surface area contributed by atoms with Crippen LogP contribution in [-0.2, 0) is 16.6 Å². The van der Waals surface area contributed by atoms with Gasteiger partial charge in [0.1, 0.15) is 0 Å². The minimum absolute atomic E-state index is 0.752. The Kier molecular flexibility index (Phi) is 2.76. The molecule has 0 unspecified atom stereocenters. The van der Waals surface area contributed by atoms with Crippen molar-refractivity contribution in [3.8, 4) is 0 Å². The lowest BCUT2D eigenvalue weighted by Gasteiger charge is -2.16. The van der Waals surface area contributed by atoms with E-state index >= 15 is 0 Å². The van der Waals surface area contributed by atoms with Crippen LogP contribution in [0.5, 0.6) is 0 Å². The van der Waals surface area contributed by atoms with Crippen LogP contribution in [-0.4, -0.2) is 11.1 Å². The number of aliphatic carboxylic acids is 1. The summed E-state index contributed by atoms with van der Waals surface area (Å²) in [5.41, 5.74) is -0.752. The van der Waals surface area contributed by atoms with Gasteiger partial charge < -0.3 is 5.11 Å². The van der Waals surface area contributed by atoms with Crippen LogP contribution in [0.15, 0.2) is 12.1 Å². The van der Waals surface area contributed by atoms with Gasteiger partial charge in [-0.15, -0.1) is 11.3 Å². The van der Waals surface area contributed by atoms with Gasteiger partial charge in [-0.25, -0.2) is 0 Å². The van der Waals surface area contributed by atoms with Crippen molar-refractivity contribution in [1.29, 1.82) is 0 Å². The molecule has 0 saturated heterocycles. The molecule has 2 nitrogen and oxygen atoms in total. The van der Waals surface area contributed by atoms with E-state index in [0.29, 0.717) is 0 Å². The van der Waals surface area contributed by atoms with Gasteiger partial charge in [0.2, 0.25) is 0 Å². The van der Waals surface area contributed by atoms with Crippen molar-refractivity contribution in [3.05, 3.63) is 21.9 Å². The molecule has 0 spiro atoms. The summed E-state index contributed by atoms with van der Waals surface area (Å²) in [4.78, 5) is 13.1. The second-order valence-corrected chi connectivity index (χ2v) is 4.72. The first-order valence-corrected chi connectivity index (χ1v) is 5.12. The Morgan fingerprint density at radius 2 is 2.15 bits per heavy atom. The molecule has 0 aliphatic heterocycles. The van der Waals surface area contributed by atoms with Crippen LogP contribution < -0.4 is 0 Å². The van der Waals surface area contributed by atoms with Crippen LogP contribution in [0, 0.1) is 0 Å². The number of carboxylic acid groups (broad SMARTS) is 1. The zero-order valence-corrected chi connectivity index (χ0v) is 8.94. The topological polar surface area (TPSA) is 37.3 Å². The smallest absolute Gasteiger partial charge is 0.314 e. The maximum absolute atomic E-state index is 10.9. The molecule has 0 saturated carbocycles. The molecule has 72 valence electrons. The minimum atomic E-state index is -0.767. The van der Waals surface area contributed by atoms with E-state index in [0.717, 1.165) is 11.3 Å². The summed E-state index contributed by atoms with van der Waals surface area (Å²) in [6.07, 6.45) is 0.973. The number of hydrogen-bond donors (Lipinski definition) is 1. The second-order valence-electron chi connectivity index (χ2n) is 3.55. The lowest BCUT2D eigenvalue weighted by atomic mass is 9.92. The summed E-state index contributed by atoms with van der Waals surface area (Å²) >= 11 is 1.59. The summed E-state index contributed by atoms with van der Waals surface area (Å²) in [7, 11) is 0. The maximum Gasteiger partial charge on any atom is 0.314 e. The summed E-state index contributed by atoms with van der Waals surface area (Å²) in [6, 6.07) is 3.92. The quantitative estimate of drug-likeness (QED) is 0.810. The van der Waals surface area contributed by atoms with Gasteiger partial charge >= 0.3 is 5.97 Å². The molecule has 0 atom stereocenters. The number of carboxylic acids is 1. The van der Waals surface area contributed by atoms with Crippen molar-refractivity contribution in [3.63, 3.8) is 0 Å². The fourth-order valence-corrected chi connectivity index (χ4v) is 2.05. The number of thiophene rings is 1. The third-order valence-corrected chi connectivity index (χ3v) is 3.71. The van der Waals surface area contributed by atoms with Crippen molar-refractivity contribution in [2.75, 3.05) is 0 Å². The van der Waals surface area contributed by atoms with E-state index in [-0.39, 0.29) is 0 Å². The monoisotopic (exact) mass is 198 g/mol. The third kappa shape index (κ3) is 1.91. The van der Waals surface area contributed by atoms with E-state index in [1.807, 2.05) is 12.1 Å². The Morgan fingerprint density at radius 3 is 2.54 bits per heavy atom. The van der Waals surface area contributed by atoms with Crippen LogP contribution in [0.1, 0.15) is 30.5 Å². The van der Waals surface area contributed by atoms with Crippen LogP contribution in [0.4, 0.5) is 0 Å². The molecular weight excluding hydrogens is 184 g/mol. The van der Waals surface area contributed by atoms with Crippen molar-refractivity contribution in [2.45, 2.75) is 32.6 Å². The molecule has 0 fully saturated rings. The predicted molar refractivity (Wildman–Crippen MR) is 54.4 cm³/mol. The van der Waals surface area contributed by atoms with Gasteiger partial charge in [0.15, 0.2) is 0 Å². The minimum Gasteiger partial charge on any atom is -0.481 e. The summed E-state index contributed by atoms with van der Waals surface area (Å²) in [6.45, 7) is 5.55. The molecule has 1 heterocycles. The fourth-order valence-electron chi connectivity index (χ4n) is 1.01. The van der Waals surface area contributed by atoms with Gasteiger partial charge in [0.25, 0.3) is 0 Å². The maximum atomic E-state index is 10.9. The summed E-state index contributed by atoms with van der Waals surface area (Å²) in [5.74, 6) is -0.767. The van der Waals surface area contributed by atoms with Crippen molar-refractivity contribution >= 4 is 17.3 Å². The molecule has 0 radical (unpaired) electrons. The highest BCUT2D eigenvalue weighted by Crippen LogP contribution is 2.30. The largest absolute Gasteiger partial charge is 0.481 e. The van der Waals surface area contributed by atoms with Gasteiger partial charge in [-0.3, -0.25) is 4.79 Å². The molecule has 1 aromatic heterocycles. The van der Waals surface area contributed by atoms with E-state index in [1.165, 1.54) is 4.88 Å². The van der Waals surface area contributed by atoms with Crippen molar-refractivity contribution in [2.24, 2.45) is 0 Å². The lowest BCUT2D eigenvalue weighted by Crippen LogP contribution is -2.27. The molecule has 0 bridgehead atoms. The zero-order valence-electron chi connectivity index (χ0n) is 8.13. The Labute approximate surface area is 82.2 Å². The highest BCUT2D eigenvalue weighted by molar-refractivity contribution is 7.12. The Hall–Kier alpha value is -0.830. The molecule has 0 amide bonds. The highest BCUT2D eigenvalue weighted by Gasteiger charge is 2.30. The molecule has 0 aliphatic rings. The van der Waals surface area contributed by atoms with Crippen LogP contribution in [0.2, 0.25) is 0 Å². The van der Waals surface area contributed by atoms with Crippen molar-refractivity contribution in [1.82, 2.24) is 0 Å². The Balaban J connectivity index is 3.00. The first-order valence-electron chi connectivity index (χ1n) is 4.31. The molecule has 0 aromatic carbocycles. The molecule has 13 heavy (non-hydrogen) atoms. The molecular formula is C10H14O2S. The zero-order chi connectivity index (χ0) is 10.1. The van der Waals surface area contributed by atoms with Crippen LogP contribution in [0.25, 0.3) is 0 Å². The summed E-state index contributed by atoms with van der Waals surface area (Å²) < 4.78 is 0. The number of carbonyl (C=O) groups is 1. The standard InChI is InChI=1S/C10H14O2S/c1-4-7-5-6-8(13-7)10(2,3)9(11)12/h5-6H,4H2,1-3H3,(H,11,12). The third-order valence-electron chi connectivity index (χ3n) is 2.16. The van der Waals surface area contributed by atoms with E-state index < -0.39 is 11.4 Å². The average Bonchev–Trinajstić information content (AvgIpc) is 2.51. The van der Waals surface area contributed by atoms with Gasteiger partial charge in [0, 0.05) is 9.75 Å². The fraction of sp³-hybridized carbons (Fsp3) is 0.500. The average molecular weight is 198 g/mol. The molecule has 1 aromatic rings. The number of aryl methyl sites for hydroxylation is 1. The van der Waals surface area contributed by atoms with Crippen LogP contribution >= 0.6 is 11.3 Å². The van der Waals surface area contributed by atoms with Crippen molar-refractivity contribution < 1.29 is 9.90 Å². The summed E-state index contributed by atoms with van der Waals surface area (Å²) in [5, 5.41) is 8.98. The van der Waals surface area contributed by atoms with E-state index in [9.17, 15) is 4.79 Å². The Bertz CT molecular complexity index is 312. The normalized spacial score (nSPS) is 11.6. The van der Waals surface area contributed by atoms with Gasteiger partial charge in [0.05, 0.1) is 5.41 Å². The molecule has 0 aliphatic carbocycles. The van der Waals surface area contributed by atoms with Gasteiger partial charge in [-0.05, 0) is 32.4 Å². The van der Waals surface area contributed by atoms with E-state index in [1.54, 1.807) is 25.2 Å². The molecule has 1 rings (SSSR count). The van der Waals surface area contributed by atoms with E-state index in [4.69, 9.17) is 5.11 Å². The first-order chi connectivity index (χ1) is 5.98. The lowest BCUT2D eigenvalue weighted by molar-refractivity contribution is -0.142. The van der Waals surface area contributed by atoms with E-state index in [2.05, 4.69) is 6.92 Å². The van der Waals surface area contributed by atoms with Crippen LogP contribution in [0.3, 0.4) is 0 Å². The van der Waals surface area contributed by atoms with Gasteiger partial charge in [-0.2, -0.15) is 0 Å². The highest BCUT2D eigenvalue weighted by atomic mass is 32.1. The first kappa shape index (κ1) is 10.3. The number of hydrogen-bond acceptors (Lipinski definition) is 2. The number of rotatable bonds is 3. The second kappa shape index (κ2) is 3.50. The Morgan fingerprint density at radius 1 is 1.54 bits per heavy atom. The molecule has 1 N–H and O–H groups in total. The van der Waals surface area contributed by atoms with Gasteiger partial charge in [-0.1, -0.05) is 6.92 Å². The SMILES string of the molecule is CCc1ccc(C(C)(C)C(=O)O)s1. The predicted octanol–water partition coefficient (Wildman–Crippen LogP) is 2.67. The molecule has 3 heteroatoms.